The predicted octanol–water partition coefficient (Wildman–Crippen LogP) is 2.87. The molecule has 1 rings (SSSR count). The van der Waals surface area contributed by atoms with Crippen LogP contribution in [-0.4, -0.2) is 40.8 Å². The standard InChI is InChI=1S/C16H22ClN3O4/c1-5-19(6-2)16(22)14(10(3)4)18-15(21)11-7-8-12(17)13(9-11)20(23)24/h7-10,14H,5-6H2,1-4H3,(H,18,21). The molecule has 1 atom stereocenters. The molecule has 24 heavy (non-hydrogen) atoms. The first kappa shape index (κ1) is 19.9. The van der Waals surface area contributed by atoms with Gasteiger partial charge in [-0.25, -0.2) is 0 Å². The number of rotatable bonds is 7. The number of amides is 2. The number of benzene rings is 1. The van der Waals surface area contributed by atoms with Gasteiger partial charge in [-0.3, -0.25) is 19.7 Å². The van der Waals surface area contributed by atoms with Gasteiger partial charge < -0.3 is 10.2 Å². The lowest BCUT2D eigenvalue weighted by molar-refractivity contribution is -0.384. The molecule has 0 aliphatic heterocycles. The van der Waals surface area contributed by atoms with Gasteiger partial charge in [0.15, 0.2) is 0 Å². The molecule has 1 aromatic carbocycles. The van der Waals surface area contributed by atoms with Crippen molar-refractivity contribution in [2.75, 3.05) is 13.1 Å². The van der Waals surface area contributed by atoms with Crippen molar-refractivity contribution in [1.29, 1.82) is 0 Å². The highest BCUT2D eigenvalue weighted by molar-refractivity contribution is 6.32. The van der Waals surface area contributed by atoms with E-state index in [2.05, 4.69) is 5.32 Å². The summed E-state index contributed by atoms with van der Waals surface area (Å²) in [7, 11) is 0. The second kappa shape index (κ2) is 8.63. The van der Waals surface area contributed by atoms with E-state index in [1.54, 1.807) is 4.90 Å². The van der Waals surface area contributed by atoms with Crippen molar-refractivity contribution in [3.8, 4) is 0 Å². The number of hydrogen-bond acceptors (Lipinski definition) is 4. The SMILES string of the molecule is CCN(CC)C(=O)C(NC(=O)c1ccc(Cl)c([N+](=O)[O-])c1)C(C)C. The number of nitro benzene ring substituents is 1. The Morgan fingerprint density at radius 1 is 1.29 bits per heavy atom. The normalized spacial score (nSPS) is 11.9. The quantitative estimate of drug-likeness (QED) is 0.601. The zero-order chi connectivity index (χ0) is 18.4. The molecule has 0 spiro atoms. The van der Waals surface area contributed by atoms with E-state index in [9.17, 15) is 19.7 Å². The maximum Gasteiger partial charge on any atom is 0.288 e. The zero-order valence-electron chi connectivity index (χ0n) is 14.2. The summed E-state index contributed by atoms with van der Waals surface area (Å²) in [4.78, 5) is 36.8. The Morgan fingerprint density at radius 3 is 2.33 bits per heavy atom. The number of nitrogens with zero attached hydrogens (tertiary/aromatic N) is 2. The van der Waals surface area contributed by atoms with Crippen molar-refractivity contribution >= 4 is 29.1 Å². The van der Waals surface area contributed by atoms with Crippen LogP contribution >= 0.6 is 11.6 Å². The number of carbonyl (C=O) groups excluding carboxylic acids is 2. The van der Waals surface area contributed by atoms with E-state index in [0.29, 0.717) is 13.1 Å². The molecule has 0 aromatic heterocycles. The molecule has 2 amide bonds. The fraction of sp³-hybridized carbons (Fsp3) is 0.500. The summed E-state index contributed by atoms with van der Waals surface area (Å²) in [6.45, 7) is 8.47. The van der Waals surface area contributed by atoms with Gasteiger partial charge >= 0.3 is 0 Å². The van der Waals surface area contributed by atoms with Gasteiger partial charge in [0.2, 0.25) is 5.91 Å². The highest BCUT2D eigenvalue weighted by Gasteiger charge is 2.28. The van der Waals surface area contributed by atoms with E-state index >= 15 is 0 Å². The average molecular weight is 356 g/mol. The number of likely N-dealkylation sites (N-methyl/N-ethyl adjacent to an activating group) is 1. The molecule has 0 aliphatic carbocycles. The maximum atomic E-state index is 12.5. The first-order valence-electron chi connectivity index (χ1n) is 7.76. The van der Waals surface area contributed by atoms with E-state index in [1.165, 1.54) is 12.1 Å². The fourth-order valence-corrected chi connectivity index (χ4v) is 2.45. The summed E-state index contributed by atoms with van der Waals surface area (Å²) >= 11 is 5.75. The molecule has 0 aliphatic rings. The fourth-order valence-electron chi connectivity index (χ4n) is 2.26. The van der Waals surface area contributed by atoms with Crippen molar-refractivity contribution in [2.24, 2.45) is 5.92 Å². The van der Waals surface area contributed by atoms with E-state index in [0.717, 1.165) is 6.07 Å². The van der Waals surface area contributed by atoms with E-state index < -0.39 is 16.9 Å². The van der Waals surface area contributed by atoms with Crippen LogP contribution in [0.25, 0.3) is 0 Å². The molecule has 1 N–H and O–H groups in total. The third kappa shape index (κ3) is 4.67. The first-order chi connectivity index (χ1) is 11.2. The first-order valence-corrected chi connectivity index (χ1v) is 8.14. The molecule has 0 heterocycles. The molecule has 132 valence electrons. The molecule has 0 radical (unpaired) electrons. The van der Waals surface area contributed by atoms with Crippen LogP contribution in [0.4, 0.5) is 5.69 Å². The molecule has 0 saturated carbocycles. The van der Waals surface area contributed by atoms with E-state index in [1.807, 2.05) is 27.7 Å². The number of hydrogen-bond donors (Lipinski definition) is 1. The summed E-state index contributed by atoms with van der Waals surface area (Å²) in [5.74, 6) is -0.842. The minimum Gasteiger partial charge on any atom is -0.341 e. The van der Waals surface area contributed by atoms with Gasteiger partial charge in [-0.05, 0) is 31.9 Å². The molecule has 8 heteroatoms. The van der Waals surface area contributed by atoms with Crippen molar-refractivity contribution in [3.05, 3.63) is 38.9 Å². The third-order valence-electron chi connectivity index (χ3n) is 3.70. The summed E-state index contributed by atoms with van der Waals surface area (Å²) in [5, 5.41) is 13.6. The molecule has 0 bridgehead atoms. The molecule has 0 fully saturated rings. The summed E-state index contributed by atoms with van der Waals surface area (Å²) < 4.78 is 0. The Bertz CT molecular complexity index is 630. The van der Waals surface area contributed by atoms with Crippen LogP contribution in [0.3, 0.4) is 0 Å². The Morgan fingerprint density at radius 2 is 1.88 bits per heavy atom. The van der Waals surface area contributed by atoms with Gasteiger partial charge in [-0.2, -0.15) is 0 Å². The Balaban J connectivity index is 3.04. The minimum atomic E-state index is -0.702. The second-order valence-corrected chi connectivity index (χ2v) is 6.04. The molecular weight excluding hydrogens is 334 g/mol. The highest BCUT2D eigenvalue weighted by Crippen LogP contribution is 2.25. The lowest BCUT2D eigenvalue weighted by Crippen LogP contribution is -2.51. The summed E-state index contributed by atoms with van der Waals surface area (Å²) in [5.41, 5.74) is -0.260. The second-order valence-electron chi connectivity index (χ2n) is 5.63. The largest absolute Gasteiger partial charge is 0.341 e. The van der Waals surface area contributed by atoms with Gasteiger partial charge in [0.25, 0.3) is 11.6 Å². The summed E-state index contributed by atoms with van der Waals surface area (Å²) in [6.07, 6.45) is 0. The van der Waals surface area contributed by atoms with Crippen molar-refractivity contribution in [3.63, 3.8) is 0 Å². The Labute approximate surface area is 146 Å². The molecule has 0 saturated heterocycles. The Kier molecular flexibility index (Phi) is 7.16. The highest BCUT2D eigenvalue weighted by atomic mass is 35.5. The van der Waals surface area contributed by atoms with Crippen LogP contribution in [0.5, 0.6) is 0 Å². The van der Waals surface area contributed by atoms with Gasteiger partial charge in [0, 0.05) is 24.7 Å². The molecule has 7 nitrogen and oxygen atoms in total. The van der Waals surface area contributed by atoms with Crippen LogP contribution in [0.15, 0.2) is 18.2 Å². The van der Waals surface area contributed by atoms with Gasteiger partial charge in [0.05, 0.1) is 4.92 Å². The molecular formula is C16H22ClN3O4. The lowest BCUT2D eigenvalue weighted by Gasteiger charge is -2.28. The Hall–Kier alpha value is -2.15. The van der Waals surface area contributed by atoms with Crippen LogP contribution in [0.2, 0.25) is 5.02 Å². The number of halogens is 1. The number of nitrogens with one attached hydrogen (secondary N) is 1. The lowest BCUT2D eigenvalue weighted by atomic mass is 10.0. The van der Waals surface area contributed by atoms with Crippen molar-refractivity contribution < 1.29 is 14.5 Å². The van der Waals surface area contributed by atoms with Gasteiger partial charge in [-0.15, -0.1) is 0 Å². The number of carbonyl (C=O) groups is 2. The van der Waals surface area contributed by atoms with Gasteiger partial charge in [0.1, 0.15) is 11.1 Å². The third-order valence-corrected chi connectivity index (χ3v) is 4.02. The van der Waals surface area contributed by atoms with Gasteiger partial charge in [-0.1, -0.05) is 25.4 Å². The predicted molar refractivity (Wildman–Crippen MR) is 92.1 cm³/mol. The smallest absolute Gasteiger partial charge is 0.288 e. The average Bonchev–Trinajstić information content (AvgIpc) is 2.53. The topological polar surface area (TPSA) is 92.6 Å². The zero-order valence-corrected chi connectivity index (χ0v) is 15.0. The maximum absolute atomic E-state index is 12.5. The minimum absolute atomic E-state index is 0.0452. The molecule has 1 unspecified atom stereocenters. The summed E-state index contributed by atoms with van der Waals surface area (Å²) in [6, 6.07) is 3.10. The van der Waals surface area contributed by atoms with Crippen LogP contribution in [0, 0.1) is 16.0 Å². The van der Waals surface area contributed by atoms with Crippen LogP contribution in [0.1, 0.15) is 38.1 Å². The van der Waals surface area contributed by atoms with E-state index in [-0.39, 0.29) is 28.1 Å². The number of nitro groups is 1. The molecule has 1 aromatic rings. The van der Waals surface area contributed by atoms with E-state index in [4.69, 9.17) is 11.6 Å². The monoisotopic (exact) mass is 355 g/mol. The van der Waals surface area contributed by atoms with Crippen LogP contribution in [-0.2, 0) is 4.79 Å². The van der Waals surface area contributed by atoms with Crippen molar-refractivity contribution in [2.45, 2.75) is 33.7 Å². The van der Waals surface area contributed by atoms with Crippen molar-refractivity contribution in [1.82, 2.24) is 10.2 Å². The van der Waals surface area contributed by atoms with Crippen LogP contribution < -0.4 is 5.32 Å².